The van der Waals surface area contributed by atoms with Crippen molar-refractivity contribution in [1.29, 1.82) is 0 Å². The van der Waals surface area contributed by atoms with Gasteiger partial charge in [-0.1, -0.05) is 63.0 Å². The minimum Gasteiger partial charge on any atom is -0.467 e. The molecule has 0 spiro atoms. The smallest absolute Gasteiger partial charge is 0.190 e. The van der Waals surface area contributed by atoms with E-state index in [1.54, 1.807) is 0 Å². The normalized spacial score (nSPS) is 25.0. The molecule has 1 aromatic carbocycles. The Morgan fingerprint density at radius 3 is 1.92 bits per heavy atom. The zero-order valence-electron chi connectivity index (χ0n) is 16.2. The van der Waals surface area contributed by atoms with E-state index >= 15 is 0 Å². The van der Waals surface area contributed by atoms with Gasteiger partial charge in [0.05, 0.1) is 0 Å². The first-order valence-corrected chi connectivity index (χ1v) is 11.2. The molecular formula is C23H33ClO2. The number of ether oxygens (including phenoxy) is 2. The topological polar surface area (TPSA) is 18.5 Å². The number of fused-ring (bicyclic) bond motifs is 1. The Bertz CT molecular complexity index is 591. The van der Waals surface area contributed by atoms with Gasteiger partial charge in [-0.15, -0.1) is 0 Å². The number of halogens is 1. The summed E-state index contributed by atoms with van der Waals surface area (Å²) in [6.45, 7) is 2.46. The lowest BCUT2D eigenvalue weighted by Gasteiger charge is -2.49. The summed E-state index contributed by atoms with van der Waals surface area (Å²) in [5.74, 6) is 2.20. The van der Waals surface area contributed by atoms with E-state index in [1.165, 1.54) is 82.6 Å². The predicted molar refractivity (Wildman–Crippen MR) is 107 cm³/mol. The Labute approximate surface area is 163 Å². The second-order valence-corrected chi connectivity index (χ2v) is 9.08. The van der Waals surface area contributed by atoms with E-state index in [-0.39, 0.29) is 5.60 Å². The van der Waals surface area contributed by atoms with E-state index in [0.29, 0.717) is 18.6 Å². The first-order chi connectivity index (χ1) is 12.7. The van der Waals surface area contributed by atoms with Crippen LogP contribution in [0, 0.1) is 18.8 Å². The molecule has 1 aliphatic heterocycles. The van der Waals surface area contributed by atoms with Crippen molar-refractivity contribution in [1.82, 2.24) is 0 Å². The van der Waals surface area contributed by atoms with E-state index < -0.39 is 0 Å². The van der Waals surface area contributed by atoms with Crippen LogP contribution in [0.4, 0.5) is 0 Å². The van der Waals surface area contributed by atoms with Crippen LogP contribution in [-0.4, -0.2) is 6.79 Å². The van der Waals surface area contributed by atoms with E-state index in [2.05, 4.69) is 19.1 Å². The summed E-state index contributed by atoms with van der Waals surface area (Å²) in [6, 6.07) is 4.32. The molecule has 26 heavy (non-hydrogen) atoms. The van der Waals surface area contributed by atoms with Crippen LogP contribution in [0.3, 0.4) is 0 Å². The third-order valence-corrected chi connectivity index (χ3v) is 7.52. The highest BCUT2D eigenvalue weighted by Crippen LogP contribution is 2.55. The molecule has 2 fully saturated rings. The summed E-state index contributed by atoms with van der Waals surface area (Å²) >= 11 is 6.60. The van der Waals surface area contributed by atoms with Crippen molar-refractivity contribution < 1.29 is 9.47 Å². The van der Waals surface area contributed by atoms with Gasteiger partial charge >= 0.3 is 0 Å². The number of rotatable bonds is 2. The highest BCUT2D eigenvalue weighted by Gasteiger charge is 2.51. The van der Waals surface area contributed by atoms with Gasteiger partial charge in [-0.25, -0.2) is 0 Å². The van der Waals surface area contributed by atoms with Crippen LogP contribution in [0.2, 0.25) is 5.02 Å². The van der Waals surface area contributed by atoms with Crippen molar-refractivity contribution in [2.45, 2.75) is 89.6 Å². The average molecular weight is 377 g/mol. The fourth-order valence-electron chi connectivity index (χ4n) is 5.77. The van der Waals surface area contributed by atoms with Gasteiger partial charge in [0, 0.05) is 10.6 Å². The second-order valence-electron chi connectivity index (χ2n) is 8.67. The fraction of sp³-hybridized carbons (Fsp3) is 0.739. The molecule has 2 nitrogen and oxygen atoms in total. The summed E-state index contributed by atoms with van der Waals surface area (Å²) in [5, 5.41) is 0.851. The zero-order chi connectivity index (χ0) is 18.0. The summed E-state index contributed by atoms with van der Waals surface area (Å²) in [4.78, 5) is 0. The summed E-state index contributed by atoms with van der Waals surface area (Å²) in [5.41, 5.74) is 2.15. The largest absolute Gasteiger partial charge is 0.467 e. The van der Waals surface area contributed by atoms with Crippen LogP contribution in [0.5, 0.6) is 5.75 Å². The maximum absolute atomic E-state index is 6.70. The molecule has 3 aliphatic rings. The fourth-order valence-corrected chi connectivity index (χ4v) is 5.94. The monoisotopic (exact) mass is 376 g/mol. The predicted octanol–water partition coefficient (Wildman–Crippen LogP) is 7.15. The number of hydrogen-bond donors (Lipinski definition) is 0. The average Bonchev–Trinajstić information content (AvgIpc) is 3.08. The number of benzene rings is 1. The SMILES string of the molecule is Cc1cc2c(cc1Cl)C(C1CCCCCC1)(C1CCCCCC1)OCO2. The summed E-state index contributed by atoms with van der Waals surface area (Å²) in [6.07, 6.45) is 15.9. The van der Waals surface area contributed by atoms with Gasteiger partial charge in [0.25, 0.3) is 0 Å². The standard InChI is InChI=1S/C23H33ClO2/c1-17-14-22-20(15-21(17)24)23(26-16-25-22,18-10-6-2-3-7-11-18)19-12-8-4-5-9-13-19/h14-15,18-19H,2-13,16H2,1H3. The van der Waals surface area contributed by atoms with E-state index in [1.807, 2.05) is 0 Å². The van der Waals surface area contributed by atoms with Crippen LogP contribution in [0.25, 0.3) is 0 Å². The van der Waals surface area contributed by atoms with Gasteiger partial charge in [-0.3, -0.25) is 0 Å². The first kappa shape index (κ1) is 18.6. The Morgan fingerprint density at radius 1 is 0.846 bits per heavy atom. The maximum Gasteiger partial charge on any atom is 0.190 e. The molecule has 0 N–H and O–H groups in total. The highest BCUT2D eigenvalue weighted by atomic mass is 35.5. The maximum atomic E-state index is 6.70. The Kier molecular flexibility index (Phi) is 5.81. The molecule has 0 atom stereocenters. The lowest BCUT2D eigenvalue weighted by atomic mass is 9.66. The third kappa shape index (κ3) is 3.40. The number of hydrogen-bond acceptors (Lipinski definition) is 2. The van der Waals surface area contributed by atoms with Crippen molar-refractivity contribution in [2.75, 3.05) is 6.79 Å². The molecular weight excluding hydrogens is 344 g/mol. The quantitative estimate of drug-likeness (QED) is 0.510. The molecule has 2 aliphatic carbocycles. The van der Waals surface area contributed by atoms with Crippen LogP contribution in [0.15, 0.2) is 12.1 Å². The summed E-state index contributed by atoms with van der Waals surface area (Å²) < 4.78 is 12.7. The van der Waals surface area contributed by atoms with Gasteiger partial charge in [0.2, 0.25) is 0 Å². The van der Waals surface area contributed by atoms with Gasteiger partial charge < -0.3 is 9.47 Å². The molecule has 0 bridgehead atoms. The molecule has 0 unspecified atom stereocenters. The van der Waals surface area contributed by atoms with Crippen LogP contribution in [-0.2, 0) is 10.3 Å². The van der Waals surface area contributed by atoms with Crippen LogP contribution in [0.1, 0.15) is 88.2 Å². The second kappa shape index (κ2) is 8.10. The van der Waals surface area contributed by atoms with Gasteiger partial charge in [0.1, 0.15) is 11.4 Å². The van der Waals surface area contributed by atoms with Crippen molar-refractivity contribution in [2.24, 2.45) is 11.8 Å². The molecule has 3 heteroatoms. The van der Waals surface area contributed by atoms with Crippen LogP contribution < -0.4 is 4.74 Å². The van der Waals surface area contributed by atoms with Gasteiger partial charge in [0.15, 0.2) is 6.79 Å². The molecule has 2 saturated carbocycles. The lowest BCUT2D eigenvalue weighted by molar-refractivity contribution is -0.197. The van der Waals surface area contributed by atoms with Gasteiger partial charge in [-0.05, 0) is 62.1 Å². The van der Waals surface area contributed by atoms with E-state index in [9.17, 15) is 0 Å². The number of aryl methyl sites for hydroxylation is 1. The van der Waals surface area contributed by atoms with E-state index in [0.717, 1.165) is 16.3 Å². The molecule has 4 rings (SSSR count). The lowest BCUT2D eigenvalue weighted by Crippen LogP contribution is -2.48. The van der Waals surface area contributed by atoms with Crippen LogP contribution >= 0.6 is 11.6 Å². The third-order valence-electron chi connectivity index (χ3n) is 7.12. The minimum absolute atomic E-state index is 0.195. The Morgan fingerprint density at radius 2 is 1.38 bits per heavy atom. The molecule has 1 aromatic rings. The Balaban J connectivity index is 1.82. The molecule has 144 valence electrons. The molecule has 1 heterocycles. The molecule has 0 saturated heterocycles. The van der Waals surface area contributed by atoms with Gasteiger partial charge in [-0.2, -0.15) is 0 Å². The van der Waals surface area contributed by atoms with Crippen molar-refractivity contribution in [3.05, 3.63) is 28.3 Å². The summed E-state index contributed by atoms with van der Waals surface area (Å²) in [7, 11) is 0. The van der Waals surface area contributed by atoms with E-state index in [4.69, 9.17) is 21.1 Å². The van der Waals surface area contributed by atoms with Crippen molar-refractivity contribution in [3.63, 3.8) is 0 Å². The first-order valence-electron chi connectivity index (χ1n) is 10.8. The molecule has 0 aromatic heterocycles. The molecule has 0 radical (unpaired) electrons. The minimum atomic E-state index is -0.195. The highest BCUT2D eigenvalue weighted by molar-refractivity contribution is 6.31. The molecule has 0 amide bonds. The zero-order valence-corrected chi connectivity index (χ0v) is 17.0. The van der Waals surface area contributed by atoms with Crippen molar-refractivity contribution in [3.8, 4) is 5.75 Å². The van der Waals surface area contributed by atoms with Crippen molar-refractivity contribution >= 4 is 11.6 Å². The Hall–Kier alpha value is -0.730.